The number of nitrogens with zero attached hydrogens (tertiary/aromatic N) is 3. The van der Waals surface area contributed by atoms with E-state index in [1.165, 1.54) is 12.1 Å². The third-order valence-corrected chi connectivity index (χ3v) is 4.77. The highest BCUT2D eigenvalue weighted by Gasteiger charge is 2.30. The van der Waals surface area contributed by atoms with Crippen molar-refractivity contribution in [2.75, 3.05) is 6.54 Å². The van der Waals surface area contributed by atoms with E-state index in [0.717, 1.165) is 29.0 Å². The Morgan fingerprint density at radius 2 is 1.93 bits per heavy atom. The molecule has 0 unspecified atom stereocenters. The summed E-state index contributed by atoms with van der Waals surface area (Å²) in [5, 5.41) is 0. The monoisotopic (exact) mass is 386 g/mol. The van der Waals surface area contributed by atoms with Crippen LogP contribution in [-0.4, -0.2) is 26.4 Å². The molecule has 0 saturated carbocycles. The van der Waals surface area contributed by atoms with Crippen molar-refractivity contribution in [3.05, 3.63) is 81.5 Å². The number of aromatic amines is 1. The summed E-state index contributed by atoms with van der Waals surface area (Å²) in [5.74, 6) is 0.494. The van der Waals surface area contributed by atoms with Gasteiger partial charge in [0.05, 0.1) is 16.8 Å². The zero-order valence-corrected chi connectivity index (χ0v) is 14.8. The predicted molar refractivity (Wildman–Crippen MR) is 97.4 cm³/mol. The molecule has 0 atom stereocenters. The zero-order valence-electron chi connectivity index (χ0n) is 14.8. The Bertz CT molecular complexity index is 1030. The molecule has 0 radical (unpaired) electrons. The third kappa shape index (κ3) is 3.82. The molecule has 28 heavy (non-hydrogen) atoms. The average Bonchev–Trinajstić information content (AvgIpc) is 2.69. The average molecular weight is 386 g/mol. The maximum Gasteiger partial charge on any atom is 0.416 e. The van der Waals surface area contributed by atoms with Crippen LogP contribution in [0.4, 0.5) is 13.2 Å². The van der Waals surface area contributed by atoms with E-state index in [-0.39, 0.29) is 5.56 Å². The quantitative estimate of drug-likeness (QED) is 0.749. The second kappa shape index (κ2) is 7.20. The largest absolute Gasteiger partial charge is 0.416 e. The number of hydrogen-bond acceptors (Lipinski definition) is 4. The number of halogens is 3. The van der Waals surface area contributed by atoms with Crippen LogP contribution in [0.1, 0.15) is 22.4 Å². The zero-order chi connectivity index (χ0) is 19.7. The van der Waals surface area contributed by atoms with Crippen LogP contribution in [0.25, 0.3) is 11.4 Å². The highest BCUT2D eigenvalue weighted by Crippen LogP contribution is 2.29. The molecule has 3 aromatic rings. The SMILES string of the molecule is O=c1[nH]c(-c2cccnc2)nc2c1CN(Cc1ccc(C(F)(F)F)cc1)CC2. The van der Waals surface area contributed by atoms with Crippen LogP contribution in [-0.2, 0) is 25.7 Å². The van der Waals surface area contributed by atoms with Crippen LogP contribution in [0.15, 0.2) is 53.6 Å². The molecule has 4 rings (SSSR count). The molecule has 1 aliphatic rings. The lowest BCUT2D eigenvalue weighted by Gasteiger charge is -2.27. The first-order valence-electron chi connectivity index (χ1n) is 8.81. The molecular formula is C20H17F3N4O. The maximum absolute atomic E-state index is 12.7. The molecule has 8 heteroatoms. The Labute approximate surface area is 158 Å². The van der Waals surface area contributed by atoms with E-state index in [1.54, 1.807) is 18.5 Å². The van der Waals surface area contributed by atoms with Crippen molar-refractivity contribution in [2.45, 2.75) is 25.7 Å². The van der Waals surface area contributed by atoms with Gasteiger partial charge in [-0.05, 0) is 29.8 Å². The number of fused-ring (bicyclic) bond motifs is 1. The van der Waals surface area contributed by atoms with Crippen LogP contribution in [0.5, 0.6) is 0 Å². The molecule has 3 heterocycles. The summed E-state index contributed by atoms with van der Waals surface area (Å²) in [5.41, 5.74) is 2.02. The van der Waals surface area contributed by atoms with Crippen molar-refractivity contribution in [2.24, 2.45) is 0 Å². The molecular weight excluding hydrogens is 369 g/mol. The van der Waals surface area contributed by atoms with Gasteiger partial charge in [-0.15, -0.1) is 0 Å². The normalized spacial score (nSPS) is 14.7. The molecule has 0 spiro atoms. The van der Waals surface area contributed by atoms with Gasteiger partial charge in [0.2, 0.25) is 0 Å². The standard InChI is InChI=1S/C20H17F3N4O/c21-20(22,23)15-5-3-13(4-6-15)11-27-9-7-17-16(12-27)19(28)26-18(25-17)14-2-1-8-24-10-14/h1-6,8,10H,7,9,11-12H2,(H,25,26,28). The van der Waals surface area contributed by atoms with Crippen LogP contribution in [0.2, 0.25) is 0 Å². The fraction of sp³-hybridized carbons (Fsp3) is 0.250. The molecule has 1 N–H and O–H groups in total. The fourth-order valence-electron chi connectivity index (χ4n) is 3.31. The number of benzene rings is 1. The van der Waals surface area contributed by atoms with Crippen molar-refractivity contribution in [1.82, 2.24) is 19.9 Å². The van der Waals surface area contributed by atoms with Gasteiger partial charge < -0.3 is 4.98 Å². The van der Waals surface area contributed by atoms with Crippen molar-refractivity contribution in [3.63, 3.8) is 0 Å². The topological polar surface area (TPSA) is 61.9 Å². The van der Waals surface area contributed by atoms with Gasteiger partial charge in [-0.3, -0.25) is 14.7 Å². The maximum atomic E-state index is 12.7. The number of hydrogen-bond donors (Lipinski definition) is 1. The summed E-state index contributed by atoms with van der Waals surface area (Å²) in [7, 11) is 0. The van der Waals surface area contributed by atoms with Crippen molar-refractivity contribution in [3.8, 4) is 11.4 Å². The first-order valence-corrected chi connectivity index (χ1v) is 8.81. The van der Waals surface area contributed by atoms with Crippen molar-refractivity contribution >= 4 is 0 Å². The molecule has 0 aliphatic carbocycles. The number of H-pyrrole nitrogens is 1. The van der Waals surface area contributed by atoms with Gasteiger partial charge in [-0.1, -0.05) is 12.1 Å². The highest BCUT2D eigenvalue weighted by molar-refractivity contribution is 5.53. The summed E-state index contributed by atoms with van der Waals surface area (Å²) in [6.45, 7) is 1.56. The van der Waals surface area contributed by atoms with Gasteiger partial charge in [0.25, 0.3) is 5.56 Å². The summed E-state index contributed by atoms with van der Waals surface area (Å²) in [6, 6.07) is 8.74. The molecule has 144 valence electrons. The lowest BCUT2D eigenvalue weighted by molar-refractivity contribution is -0.137. The number of rotatable bonds is 3. The minimum atomic E-state index is -4.34. The number of aromatic nitrogens is 3. The minimum absolute atomic E-state index is 0.194. The first kappa shape index (κ1) is 18.4. The smallest absolute Gasteiger partial charge is 0.306 e. The predicted octanol–water partition coefficient (Wildman–Crippen LogP) is 3.41. The molecule has 5 nitrogen and oxygen atoms in total. The van der Waals surface area contributed by atoms with Gasteiger partial charge in [-0.2, -0.15) is 13.2 Å². The molecule has 1 aliphatic heterocycles. The molecule has 0 bridgehead atoms. The minimum Gasteiger partial charge on any atom is -0.306 e. The van der Waals surface area contributed by atoms with E-state index in [1.807, 2.05) is 11.0 Å². The van der Waals surface area contributed by atoms with Crippen LogP contribution in [0, 0.1) is 0 Å². The van der Waals surface area contributed by atoms with Gasteiger partial charge in [0.15, 0.2) is 0 Å². The summed E-state index contributed by atoms with van der Waals surface area (Å²) < 4.78 is 38.1. The Morgan fingerprint density at radius 3 is 2.61 bits per heavy atom. The number of pyridine rings is 1. The summed E-state index contributed by atoms with van der Waals surface area (Å²) in [4.78, 5) is 26.0. The van der Waals surface area contributed by atoms with E-state index in [4.69, 9.17) is 0 Å². The van der Waals surface area contributed by atoms with E-state index in [2.05, 4.69) is 15.0 Å². The van der Waals surface area contributed by atoms with E-state index < -0.39 is 11.7 Å². The van der Waals surface area contributed by atoms with Gasteiger partial charge >= 0.3 is 6.18 Å². The van der Waals surface area contributed by atoms with Crippen LogP contribution in [0.3, 0.4) is 0 Å². The van der Waals surface area contributed by atoms with Crippen LogP contribution >= 0.6 is 0 Å². The highest BCUT2D eigenvalue weighted by atomic mass is 19.4. The molecule has 0 fully saturated rings. The second-order valence-electron chi connectivity index (χ2n) is 6.74. The number of nitrogens with one attached hydrogen (secondary N) is 1. The van der Waals surface area contributed by atoms with Crippen LogP contribution < -0.4 is 5.56 Å². The molecule has 0 amide bonds. The Hall–Kier alpha value is -3.00. The van der Waals surface area contributed by atoms with E-state index >= 15 is 0 Å². The van der Waals surface area contributed by atoms with E-state index in [0.29, 0.717) is 37.4 Å². The summed E-state index contributed by atoms with van der Waals surface area (Å²) in [6.07, 6.45) is -0.440. The number of alkyl halides is 3. The van der Waals surface area contributed by atoms with Gasteiger partial charge in [0, 0.05) is 44.0 Å². The molecule has 1 aromatic carbocycles. The van der Waals surface area contributed by atoms with Gasteiger partial charge in [-0.25, -0.2) is 4.98 Å². The molecule has 0 saturated heterocycles. The Balaban J connectivity index is 1.51. The van der Waals surface area contributed by atoms with Gasteiger partial charge in [0.1, 0.15) is 5.82 Å². The van der Waals surface area contributed by atoms with E-state index in [9.17, 15) is 18.0 Å². The third-order valence-electron chi connectivity index (χ3n) is 4.77. The van der Waals surface area contributed by atoms with Crippen molar-refractivity contribution in [1.29, 1.82) is 0 Å². The second-order valence-corrected chi connectivity index (χ2v) is 6.74. The van der Waals surface area contributed by atoms with Crippen molar-refractivity contribution < 1.29 is 13.2 Å². The molecule has 2 aromatic heterocycles. The first-order chi connectivity index (χ1) is 13.4. The Kier molecular flexibility index (Phi) is 4.72. The fourth-order valence-corrected chi connectivity index (χ4v) is 3.31. The lowest BCUT2D eigenvalue weighted by atomic mass is 10.0. The summed E-state index contributed by atoms with van der Waals surface area (Å²) >= 11 is 0. The lowest BCUT2D eigenvalue weighted by Crippen LogP contribution is -2.35. The Morgan fingerprint density at radius 1 is 1.14 bits per heavy atom.